The van der Waals surface area contributed by atoms with Gasteiger partial charge in [0.2, 0.25) is 5.91 Å². The zero-order chi connectivity index (χ0) is 14.5. The highest BCUT2D eigenvalue weighted by Crippen LogP contribution is 2.28. The number of carboxylic acid groups (broad SMARTS) is 1. The summed E-state index contributed by atoms with van der Waals surface area (Å²) in [6, 6.07) is 7.45. The lowest BCUT2D eigenvalue weighted by molar-refractivity contribution is -0.141. The molecule has 0 aliphatic carbocycles. The number of benzene rings is 1. The minimum atomic E-state index is -0.878. The summed E-state index contributed by atoms with van der Waals surface area (Å²) in [6.07, 6.45) is 2.01. The van der Waals surface area contributed by atoms with Crippen LogP contribution in [0.25, 0.3) is 0 Å². The molecular formula is C15H20N2O3. The molecule has 1 heterocycles. The number of aliphatic carboxylic acids is 1. The van der Waals surface area contributed by atoms with Crippen molar-refractivity contribution >= 4 is 11.9 Å². The quantitative estimate of drug-likeness (QED) is 0.795. The summed E-state index contributed by atoms with van der Waals surface area (Å²) in [5, 5.41) is 9.34. The van der Waals surface area contributed by atoms with E-state index in [1.807, 2.05) is 24.3 Å². The van der Waals surface area contributed by atoms with Crippen molar-refractivity contribution in [3.63, 3.8) is 0 Å². The van der Waals surface area contributed by atoms with Gasteiger partial charge in [-0.15, -0.1) is 0 Å². The van der Waals surface area contributed by atoms with E-state index < -0.39 is 11.9 Å². The second kappa shape index (κ2) is 6.52. The lowest BCUT2D eigenvalue weighted by Crippen LogP contribution is -2.40. The zero-order valence-corrected chi connectivity index (χ0v) is 11.4. The van der Waals surface area contributed by atoms with Crippen LogP contribution in [-0.2, 0) is 16.1 Å². The van der Waals surface area contributed by atoms with Gasteiger partial charge in [0.15, 0.2) is 0 Å². The van der Waals surface area contributed by atoms with Gasteiger partial charge >= 0.3 is 5.97 Å². The van der Waals surface area contributed by atoms with Crippen molar-refractivity contribution < 1.29 is 14.7 Å². The third-order valence-electron chi connectivity index (χ3n) is 3.69. The summed E-state index contributed by atoms with van der Waals surface area (Å²) < 4.78 is 0. The van der Waals surface area contributed by atoms with Crippen LogP contribution in [0.15, 0.2) is 24.3 Å². The Morgan fingerprint density at radius 2 is 2.05 bits per heavy atom. The summed E-state index contributed by atoms with van der Waals surface area (Å²) in [6.45, 7) is 1.34. The van der Waals surface area contributed by atoms with Crippen LogP contribution in [0.4, 0.5) is 0 Å². The number of fused-ring (bicyclic) bond motifs is 1. The minimum Gasteiger partial charge on any atom is -0.481 e. The number of amides is 1. The first-order chi connectivity index (χ1) is 9.63. The summed E-state index contributed by atoms with van der Waals surface area (Å²) in [5.74, 6) is -1.49. The molecule has 1 amide bonds. The molecule has 0 spiro atoms. The largest absolute Gasteiger partial charge is 0.481 e. The Labute approximate surface area is 118 Å². The van der Waals surface area contributed by atoms with E-state index in [0.717, 1.165) is 24.0 Å². The number of rotatable bonds is 5. The molecule has 0 radical (unpaired) electrons. The van der Waals surface area contributed by atoms with E-state index in [4.69, 9.17) is 5.73 Å². The first-order valence-corrected chi connectivity index (χ1v) is 6.92. The van der Waals surface area contributed by atoms with Gasteiger partial charge in [0.1, 0.15) is 0 Å². The normalized spacial score (nSPS) is 17.6. The monoisotopic (exact) mass is 276 g/mol. The highest BCUT2D eigenvalue weighted by atomic mass is 16.4. The number of hydrogen-bond donors (Lipinski definition) is 2. The number of carbonyl (C=O) groups excluding carboxylic acids is 1. The molecule has 0 fully saturated rings. The third kappa shape index (κ3) is 3.17. The minimum absolute atomic E-state index is 0.0132. The molecule has 5 nitrogen and oxygen atoms in total. The van der Waals surface area contributed by atoms with Crippen LogP contribution in [0.2, 0.25) is 0 Å². The van der Waals surface area contributed by atoms with E-state index in [9.17, 15) is 14.7 Å². The van der Waals surface area contributed by atoms with Crippen molar-refractivity contribution in [3.05, 3.63) is 35.4 Å². The number of carboxylic acids is 1. The fraction of sp³-hybridized carbons (Fsp3) is 0.467. The van der Waals surface area contributed by atoms with Gasteiger partial charge in [-0.25, -0.2) is 0 Å². The highest BCUT2D eigenvalue weighted by molar-refractivity contribution is 5.81. The van der Waals surface area contributed by atoms with Crippen LogP contribution in [-0.4, -0.2) is 35.0 Å². The smallest absolute Gasteiger partial charge is 0.312 e. The van der Waals surface area contributed by atoms with Crippen LogP contribution >= 0.6 is 0 Å². The predicted octanol–water partition coefficient (Wildman–Crippen LogP) is 1.33. The molecule has 1 aliphatic heterocycles. The fourth-order valence-electron chi connectivity index (χ4n) is 2.59. The summed E-state index contributed by atoms with van der Waals surface area (Å²) >= 11 is 0. The molecule has 20 heavy (non-hydrogen) atoms. The van der Waals surface area contributed by atoms with Gasteiger partial charge in [-0.3, -0.25) is 9.59 Å². The van der Waals surface area contributed by atoms with Crippen molar-refractivity contribution in [1.82, 2.24) is 4.90 Å². The predicted molar refractivity (Wildman–Crippen MR) is 75.1 cm³/mol. The average molecular weight is 276 g/mol. The number of hydrogen-bond acceptors (Lipinski definition) is 3. The van der Waals surface area contributed by atoms with Gasteiger partial charge in [-0.05, 0) is 30.5 Å². The molecule has 3 N–H and O–H groups in total. The Bertz CT molecular complexity index is 502. The van der Waals surface area contributed by atoms with Crippen LogP contribution < -0.4 is 5.73 Å². The second-order valence-corrected chi connectivity index (χ2v) is 5.11. The van der Waals surface area contributed by atoms with E-state index in [-0.39, 0.29) is 12.5 Å². The van der Waals surface area contributed by atoms with E-state index in [0.29, 0.717) is 19.5 Å². The third-order valence-corrected chi connectivity index (χ3v) is 3.69. The van der Waals surface area contributed by atoms with Crippen LogP contribution in [0.1, 0.15) is 36.3 Å². The molecule has 5 heteroatoms. The molecular weight excluding hydrogens is 256 g/mol. The van der Waals surface area contributed by atoms with Gasteiger partial charge in [-0.1, -0.05) is 24.3 Å². The van der Waals surface area contributed by atoms with Gasteiger partial charge in [-0.2, -0.15) is 0 Å². The molecule has 1 aromatic carbocycles. The zero-order valence-electron chi connectivity index (χ0n) is 11.4. The van der Waals surface area contributed by atoms with Crippen LogP contribution in [0.3, 0.4) is 0 Å². The molecule has 108 valence electrons. The SMILES string of the molecule is NCCCCC(=O)N1Cc2ccccc2C(C(=O)O)C1. The first kappa shape index (κ1) is 14.5. The fourth-order valence-corrected chi connectivity index (χ4v) is 2.59. The van der Waals surface area contributed by atoms with E-state index in [2.05, 4.69) is 0 Å². The summed E-state index contributed by atoms with van der Waals surface area (Å²) in [4.78, 5) is 25.2. The lowest BCUT2D eigenvalue weighted by Gasteiger charge is -2.33. The number of unbranched alkanes of at least 4 members (excludes halogenated alkanes) is 1. The molecule has 0 aromatic heterocycles. The van der Waals surface area contributed by atoms with E-state index in [1.54, 1.807) is 4.90 Å². The lowest BCUT2D eigenvalue weighted by atomic mass is 9.89. The van der Waals surface area contributed by atoms with Crippen molar-refractivity contribution in [2.75, 3.05) is 13.1 Å². The molecule has 0 bridgehead atoms. The van der Waals surface area contributed by atoms with Crippen molar-refractivity contribution in [3.8, 4) is 0 Å². The molecule has 1 aliphatic rings. The van der Waals surface area contributed by atoms with Crippen molar-refractivity contribution in [2.45, 2.75) is 31.7 Å². The number of nitrogens with zero attached hydrogens (tertiary/aromatic N) is 1. The maximum absolute atomic E-state index is 12.1. The Hall–Kier alpha value is -1.88. The molecule has 1 aromatic rings. The van der Waals surface area contributed by atoms with Crippen molar-refractivity contribution in [1.29, 1.82) is 0 Å². The maximum atomic E-state index is 12.1. The standard InChI is InChI=1S/C15H20N2O3/c16-8-4-3-7-14(18)17-9-11-5-1-2-6-12(11)13(10-17)15(19)20/h1-2,5-6,13H,3-4,7-10,16H2,(H,19,20). The van der Waals surface area contributed by atoms with Gasteiger partial charge in [0.25, 0.3) is 0 Å². The highest BCUT2D eigenvalue weighted by Gasteiger charge is 2.31. The van der Waals surface area contributed by atoms with Gasteiger partial charge < -0.3 is 15.7 Å². The van der Waals surface area contributed by atoms with Crippen LogP contribution in [0, 0.1) is 0 Å². The Morgan fingerprint density at radius 1 is 1.30 bits per heavy atom. The van der Waals surface area contributed by atoms with Gasteiger partial charge in [0, 0.05) is 19.5 Å². The molecule has 0 saturated carbocycles. The number of carbonyl (C=O) groups is 2. The second-order valence-electron chi connectivity index (χ2n) is 5.11. The maximum Gasteiger partial charge on any atom is 0.312 e. The molecule has 1 unspecified atom stereocenters. The van der Waals surface area contributed by atoms with E-state index in [1.165, 1.54) is 0 Å². The van der Waals surface area contributed by atoms with Crippen molar-refractivity contribution in [2.24, 2.45) is 5.73 Å². The summed E-state index contributed by atoms with van der Waals surface area (Å²) in [5.41, 5.74) is 7.17. The first-order valence-electron chi connectivity index (χ1n) is 6.92. The number of nitrogens with two attached hydrogens (primary N) is 1. The molecule has 1 atom stereocenters. The Balaban J connectivity index is 2.12. The Morgan fingerprint density at radius 3 is 2.75 bits per heavy atom. The van der Waals surface area contributed by atoms with Gasteiger partial charge in [0.05, 0.1) is 5.92 Å². The summed E-state index contributed by atoms with van der Waals surface area (Å²) in [7, 11) is 0. The molecule has 0 saturated heterocycles. The molecule has 2 rings (SSSR count). The van der Waals surface area contributed by atoms with Crippen LogP contribution in [0.5, 0.6) is 0 Å². The topological polar surface area (TPSA) is 83.6 Å². The van der Waals surface area contributed by atoms with E-state index >= 15 is 0 Å². The Kier molecular flexibility index (Phi) is 4.74. The average Bonchev–Trinajstić information content (AvgIpc) is 2.46.